The van der Waals surface area contributed by atoms with Gasteiger partial charge in [-0.2, -0.15) is 0 Å². The van der Waals surface area contributed by atoms with Crippen molar-refractivity contribution in [1.29, 1.82) is 0 Å². The van der Waals surface area contributed by atoms with E-state index in [1.165, 1.54) is 6.08 Å². The summed E-state index contributed by atoms with van der Waals surface area (Å²) in [4.78, 5) is 22.2. The predicted octanol–water partition coefficient (Wildman–Crippen LogP) is 4.11. The van der Waals surface area contributed by atoms with Crippen molar-refractivity contribution in [3.8, 4) is 0 Å². The van der Waals surface area contributed by atoms with E-state index >= 15 is 0 Å². The Morgan fingerprint density at radius 1 is 1.24 bits per heavy atom. The van der Waals surface area contributed by atoms with E-state index in [1.54, 1.807) is 13.0 Å². The third-order valence-electron chi connectivity index (χ3n) is 3.36. The molecule has 0 aliphatic heterocycles. The van der Waals surface area contributed by atoms with E-state index in [9.17, 15) is 9.59 Å². The van der Waals surface area contributed by atoms with Crippen molar-refractivity contribution >= 4 is 12.3 Å². The maximum Gasteiger partial charge on any atom is 0.330 e. The average Bonchev–Trinajstić information content (AvgIpc) is 2.47. The molecule has 0 aromatic heterocycles. The summed E-state index contributed by atoms with van der Waals surface area (Å²) in [6, 6.07) is 7.70. The van der Waals surface area contributed by atoms with E-state index in [1.807, 2.05) is 31.2 Å². The Morgan fingerprint density at radius 2 is 2.00 bits per heavy atom. The van der Waals surface area contributed by atoms with Crippen LogP contribution in [0.15, 0.2) is 36.4 Å². The summed E-state index contributed by atoms with van der Waals surface area (Å²) >= 11 is 0. The lowest BCUT2D eigenvalue weighted by Gasteiger charge is -2.11. The Morgan fingerprint density at radius 3 is 2.71 bits per heavy atom. The molecular formula is C18H24O3. The molecule has 0 saturated carbocycles. The summed E-state index contributed by atoms with van der Waals surface area (Å²) in [6.07, 6.45) is 8.91. The second-order valence-corrected chi connectivity index (χ2v) is 5.16. The number of carbonyl (C=O) groups is 2. The summed E-state index contributed by atoms with van der Waals surface area (Å²) in [7, 11) is 0. The number of ether oxygens (including phenoxy) is 1. The molecule has 21 heavy (non-hydrogen) atoms. The van der Waals surface area contributed by atoms with Gasteiger partial charge in [-0.25, -0.2) is 4.79 Å². The van der Waals surface area contributed by atoms with Crippen LogP contribution in [-0.4, -0.2) is 18.4 Å². The van der Waals surface area contributed by atoms with Crippen LogP contribution in [0.1, 0.15) is 55.5 Å². The summed E-state index contributed by atoms with van der Waals surface area (Å²) in [6.45, 7) is 3.71. The van der Waals surface area contributed by atoms with Crippen molar-refractivity contribution in [2.24, 2.45) is 0 Å². The average molecular weight is 288 g/mol. The van der Waals surface area contributed by atoms with E-state index in [0.717, 1.165) is 49.5 Å². The second-order valence-electron chi connectivity index (χ2n) is 5.16. The lowest BCUT2D eigenvalue weighted by atomic mass is 10.0. The highest BCUT2D eigenvalue weighted by atomic mass is 16.5. The van der Waals surface area contributed by atoms with Crippen LogP contribution in [0.2, 0.25) is 0 Å². The number of aryl methyl sites for hydroxylation is 1. The van der Waals surface area contributed by atoms with Crippen LogP contribution < -0.4 is 0 Å². The van der Waals surface area contributed by atoms with Crippen LogP contribution >= 0.6 is 0 Å². The molecule has 3 heteroatoms. The highest BCUT2D eigenvalue weighted by Gasteiger charge is 2.06. The summed E-state index contributed by atoms with van der Waals surface area (Å²) in [5, 5.41) is 0. The minimum Gasteiger partial charge on any atom is -0.460 e. The number of allylic oxidation sites excluding steroid dienone is 1. The number of aldehydes is 1. The molecule has 0 N–H and O–H groups in total. The van der Waals surface area contributed by atoms with E-state index in [2.05, 4.69) is 0 Å². The quantitative estimate of drug-likeness (QED) is 0.297. The maximum atomic E-state index is 11.3. The van der Waals surface area contributed by atoms with Crippen molar-refractivity contribution in [2.45, 2.75) is 52.1 Å². The van der Waals surface area contributed by atoms with Crippen LogP contribution in [0, 0.1) is 0 Å². The second kappa shape index (κ2) is 9.92. The Balaban J connectivity index is 2.20. The molecular weight excluding hydrogens is 264 g/mol. The fourth-order valence-corrected chi connectivity index (χ4v) is 2.23. The lowest BCUT2D eigenvalue weighted by Crippen LogP contribution is -2.12. The van der Waals surface area contributed by atoms with Crippen LogP contribution in [-0.2, 0) is 16.0 Å². The first-order valence-corrected chi connectivity index (χ1v) is 7.53. The monoisotopic (exact) mass is 288 g/mol. The molecule has 0 aliphatic carbocycles. The van der Waals surface area contributed by atoms with Gasteiger partial charge < -0.3 is 4.74 Å². The SMILES string of the molecule is C/C=C/C(=O)O[C@H](C)CCCCCc1ccccc1C=O. The molecule has 0 saturated heterocycles. The van der Waals surface area contributed by atoms with Crippen LogP contribution in [0.3, 0.4) is 0 Å². The first-order valence-electron chi connectivity index (χ1n) is 7.53. The van der Waals surface area contributed by atoms with Crippen LogP contribution in [0.25, 0.3) is 0 Å². The molecule has 114 valence electrons. The maximum absolute atomic E-state index is 11.3. The summed E-state index contributed by atoms with van der Waals surface area (Å²) in [5.74, 6) is -0.273. The topological polar surface area (TPSA) is 43.4 Å². The van der Waals surface area contributed by atoms with Gasteiger partial charge in [-0.3, -0.25) is 4.79 Å². The van der Waals surface area contributed by atoms with E-state index in [-0.39, 0.29) is 12.1 Å². The number of rotatable bonds is 9. The van der Waals surface area contributed by atoms with Gasteiger partial charge in [-0.1, -0.05) is 36.8 Å². The zero-order valence-corrected chi connectivity index (χ0v) is 12.9. The van der Waals surface area contributed by atoms with Crippen molar-refractivity contribution in [3.63, 3.8) is 0 Å². The first-order chi connectivity index (χ1) is 10.2. The molecule has 3 nitrogen and oxygen atoms in total. The van der Waals surface area contributed by atoms with Gasteiger partial charge in [-0.05, 0) is 45.1 Å². The molecule has 1 rings (SSSR count). The highest BCUT2D eigenvalue weighted by Crippen LogP contribution is 2.13. The Kier molecular flexibility index (Phi) is 8.10. The third-order valence-corrected chi connectivity index (χ3v) is 3.36. The Hall–Kier alpha value is -1.90. The largest absolute Gasteiger partial charge is 0.460 e. The van der Waals surface area contributed by atoms with Crippen molar-refractivity contribution in [1.82, 2.24) is 0 Å². The number of carbonyl (C=O) groups excluding carboxylic acids is 2. The Bertz CT molecular complexity index is 477. The van der Waals surface area contributed by atoms with Gasteiger partial charge in [0.25, 0.3) is 0 Å². The van der Waals surface area contributed by atoms with Gasteiger partial charge in [0.15, 0.2) is 0 Å². The zero-order valence-electron chi connectivity index (χ0n) is 12.9. The normalized spacial score (nSPS) is 12.3. The number of hydrogen-bond acceptors (Lipinski definition) is 3. The molecule has 0 spiro atoms. The van der Waals surface area contributed by atoms with Crippen LogP contribution in [0.4, 0.5) is 0 Å². The van der Waals surface area contributed by atoms with Gasteiger partial charge in [-0.15, -0.1) is 0 Å². The number of hydrogen-bond donors (Lipinski definition) is 0. The fourth-order valence-electron chi connectivity index (χ4n) is 2.23. The van der Waals surface area contributed by atoms with Gasteiger partial charge >= 0.3 is 5.97 Å². The lowest BCUT2D eigenvalue weighted by molar-refractivity contribution is -0.142. The van der Waals surface area contributed by atoms with E-state index in [4.69, 9.17) is 4.74 Å². The number of unbranched alkanes of at least 4 members (excludes halogenated alkanes) is 2. The standard InChI is InChI=1S/C18H24O3/c1-3-9-18(20)21-15(2)10-5-4-6-11-16-12-7-8-13-17(16)14-19/h3,7-9,12-15H,4-6,10-11H2,1-2H3/b9-3+/t15-/m1/s1. The van der Waals surface area contributed by atoms with E-state index < -0.39 is 0 Å². The first kappa shape index (κ1) is 17.2. The number of benzene rings is 1. The van der Waals surface area contributed by atoms with Crippen molar-refractivity contribution in [2.75, 3.05) is 0 Å². The minimum absolute atomic E-state index is 0.0454. The molecule has 0 heterocycles. The molecule has 0 amide bonds. The van der Waals surface area contributed by atoms with Crippen molar-refractivity contribution in [3.05, 3.63) is 47.5 Å². The zero-order chi connectivity index (χ0) is 15.5. The smallest absolute Gasteiger partial charge is 0.330 e. The molecule has 1 aromatic rings. The minimum atomic E-state index is -0.273. The Labute approximate surface area is 127 Å². The van der Waals surface area contributed by atoms with Gasteiger partial charge in [0.1, 0.15) is 6.29 Å². The molecule has 0 radical (unpaired) electrons. The summed E-state index contributed by atoms with van der Waals surface area (Å²) in [5.41, 5.74) is 1.89. The predicted molar refractivity (Wildman–Crippen MR) is 84.4 cm³/mol. The molecule has 0 bridgehead atoms. The highest BCUT2D eigenvalue weighted by molar-refractivity contribution is 5.81. The molecule has 1 atom stereocenters. The molecule has 0 unspecified atom stereocenters. The summed E-state index contributed by atoms with van der Waals surface area (Å²) < 4.78 is 5.22. The van der Waals surface area contributed by atoms with Gasteiger partial charge in [0.2, 0.25) is 0 Å². The van der Waals surface area contributed by atoms with Gasteiger partial charge in [0, 0.05) is 11.6 Å². The molecule has 0 fully saturated rings. The van der Waals surface area contributed by atoms with E-state index in [0.29, 0.717) is 0 Å². The number of esters is 1. The molecule has 1 aromatic carbocycles. The fraction of sp³-hybridized carbons (Fsp3) is 0.444. The van der Waals surface area contributed by atoms with Gasteiger partial charge in [0.05, 0.1) is 6.10 Å². The molecule has 0 aliphatic rings. The third kappa shape index (κ3) is 6.89. The van der Waals surface area contributed by atoms with Crippen molar-refractivity contribution < 1.29 is 14.3 Å². The van der Waals surface area contributed by atoms with Crippen LogP contribution in [0.5, 0.6) is 0 Å².